The van der Waals surface area contributed by atoms with Crippen LogP contribution in [0.1, 0.15) is 84.5 Å². The van der Waals surface area contributed by atoms with Crippen LogP contribution in [0.3, 0.4) is 0 Å². The summed E-state index contributed by atoms with van der Waals surface area (Å²) in [6, 6.07) is 0. The highest BCUT2D eigenvalue weighted by Gasteiger charge is 2.09. The van der Waals surface area contributed by atoms with E-state index in [2.05, 4.69) is 48.5 Å². The van der Waals surface area contributed by atoms with Crippen molar-refractivity contribution < 1.29 is 49.5 Å². The minimum Gasteiger partial charge on any atom is -0.378 e. The Morgan fingerprint density at radius 3 is 1.81 bits per heavy atom. The van der Waals surface area contributed by atoms with Crippen molar-refractivity contribution in [3.8, 4) is 0 Å². The lowest BCUT2D eigenvalue weighted by Crippen LogP contribution is -2.13. The number of rotatable bonds is 26. The Bertz CT molecular complexity index is 370. The van der Waals surface area contributed by atoms with Crippen LogP contribution in [0.5, 0.6) is 0 Å². The Balaban J connectivity index is 3.13. The van der Waals surface area contributed by atoms with Crippen LogP contribution >= 0.6 is 0 Å². The van der Waals surface area contributed by atoms with E-state index >= 15 is 0 Å². The molecule has 1 unspecified atom stereocenters. The summed E-state index contributed by atoms with van der Waals surface area (Å²) in [6.07, 6.45) is 13.9. The molecule has 0 aliphatic heterocycles. The zero-order valence-electron chi connectivity index (χ0n) is 19.5. The zero-order valence-corrected chi connectivity index (χ0v) is 19.5. The van der Waals surface area contributed by atoms with Gasteiger partial charge in [-0.25, -0.2) is 9.78 Å². The number of hydrogen-bond donors (Lipinski definition) is 0. The van der Waals surface area contributed by atoms with E-state index in [4.69, 9.17) is 14.5 Å². The molecule has 10 nitrogen and oxygen atoms in total. The molecular weight excluding hydrogens is 412 g/mol. The van der Waals surface area contributed by atoms with Gasteiger partial charge in [0, 0.05) is 5.92 Å². The fourth-order valence-corrected chi connectivity index (χ4v) is 2.56. The number of unbranched alkanes of at least 4 members (excludes halogenated alkanes) is 10. The van der Waals surface area contributed by atoms with Crippen molar-refractivity contribution in [3.63, 3.8) is 0 Å². The minimum absolute atomic E-state index is 0.0958. The van der Waals surface area contributed by atoms with E-state index in [1.807, 2.05) is 6.92 Å². The summed E-state index contributed by atoms with van der Waals surface area (Å²) in [5.74, 6) is 0.280. The van der Waals surface area contributed by atoms with Crippen molar-refractivity contribution in [1.82, 2.24) is 0 Å². The van der Waals surface area contributed by atoms with Crippen LogP contribution in [0, 0.1) is 5.92 Å². The van der Waals surface area contributed by atoms with Crippen molar-refractivity contribution >= 4 is 0 Å². The Hall–Kier alpha value is -0.820. The molecule has 31 heavy (non-hydrogen) atoms. The smallest absolute Gasteiger partial charge is 0.143 e. The standard InChI is InChI=1S/C21H42O10/c1-5-6-7-8-9-10-11-12-13-14-15-16-24-28-30-31-29-25-18-17-23-19-20(2)21(3)26-27-22-4/h20H,3,5-19H2,1-2,4H3. The van der Waals surface area contributed by atoms with Gasteiger partial charge in [-0.15, -0.1) is 0 Å². The average molecular weight is 455 g/mol. The van der Waals surface area contributed by atoms with Crippen molar-refractivity contribution in [1.29, 1.82) is 0 Å². The molecule has 0 radical (unpaired) electrons. The van der Waals surface area contributed by atoms with Gasteiger partial charge in [-0.05, 0) is 31.6 Å². The Morgan fingerprint density at radius 1 is 0.677 bits per heavy atom. The molecule has 0 N–H and O–H groups in total. The first-order valence-electron chi connectivity index (χ1n) is 11.3. The van der Waals surface area contributed by atoms with Crippen LogP contribution in [0.25, 0.3) is 0 Å². The quantitative estimate of drug-likeness (QED) is 0.0706. The van der Waals surface area contributed by atoms with Gasteiger partial charge < -0.3 is 9.62 Å². The van der Waals surface area contributed by atoms with Crippen molar-refractivity contribution in [2.75, 3.05) is 33.5 Å². The highest BCUT2D eigenvalue weighted by molar-refractivity contribution is 4.87. The second kappa shape index (κ2) is 25.4. The summed E-state index contributed by atoms with van der Waals surface area (Å²) < 4.78 is 5.34. The molecule has 0 fully saturated rings. The van der Waals surface area contributed by atoms with Crippen LogP contribution in [0.15, 0.2) is 12.3 Å². The largest absolute Gasteiger partial charge is 0.378 e. The third-order valence-corrected chi connectivity index (χ3v) is 4.45. The molecule has 0 aliphatic rings. The Labute approximate surface area is 186 Å². The average Bonchev–Trinajstić information content (AvgIpc) is 2.78. The molecule has 0 saturated heterocycles. The van der Waals surface area contributed by atoms with Crippen molar-refractivity contribution in [3.05, 3.63) is 12.3 Å². The summed E-state index contributed by atoms with van der Waals surface area (Å²) in [7, 11) is 1.33. The van der Waals surface area contributed by atoms with Crippen LogP contribution < -0.4 is 0 Å². The summed E-state index contributed by atoms with van der Waals surface area (Å²) in [4.78, 5) is 18.5. The monoisotopic (exact) mass is 454 g/mol. The lowest BCUT2D eigenvalue weighted by Gasteiger charge is -2.12. The number of ether oxygens (including phenoxy) is 1. The third-order valence-electron chi connectivity index (χ3n) is 4.45. The van der Waals surface area contributed by atoms with Gasteiger partial charge in [-0.1, -0.05) is 84.6 Å². The minimum atomic E-state index is -0.0958. The van der Waals surface area contributed by atoms with E-state index in [0.717, 1.165) is 12.8 Å². The van der Waals surface area contributed by atoms with Gasteiger partial charge in [0.25, 0.3) is 0 Å². The molecule has 0 heterocycles. The van der Waals surface area contributed by atoms with Gasteiger partial charge in [-0.2, -0.15) is 4.89 Å². The predicted molar refractivity (Wildman–Crippen MR) is 111 cm³/mol. The van der Waals surface area contributed by atoms with Gasteiger partial charge in [0.1, 0.15) is 12.4 Å². The van der Waals surface area contributed by atoms with Gasteiger partial charge in [0.2, 0.25) is 0 Å². The first kappa shape index (κ1) is 30.2. The van der Waals surface area contributed by atoms with E-state index < -0.39 is 0 Å². The van der Waals surface area contributed by atoms with Crippen LogP contribution in [0.4, 0.5) is 0 Å². The van der Waals surface area contributed by atoms with E-state index in [1.54, 1.807) is 0 Å². The molecule has 0 saturated carbocycles. The SMILES string of the molecule is C=C(OOOC)C(C)COCCOOOOOOCCCCCCCCCCCCC. The Kier molecular flexibility index (Phi) is 24.8. The normalized spacial score (nSPS) is 12.2. The summed E-state index contributed by atoms with van der Waals surface area (Å²) >= 11 is 0. The molecule has 0 bridgehead atoms. The fraction of sp³-hybridized carbons (Fsp3) is 0.905. The van der Waals surface area contributed by atoms with Crippen LogP contribution in [-0.4, -0.2) is 33.5 Å². The molecule has 0 aromatic carbocycles. The summed E-state index contributed by atoms with van der Waals surface area (Å²) in [6.45, 7) is 8.89. The maximum Gasteiger partial charge on any atom is 0.143 e. The topological polar surface area (TPSA) is 92.3 Å². The molecule has 0 aromatic rings. The molecule has 1 atom stereocenters. The molecular formula is C21H42O10. The molecule has 0 aliphatic carbocycles. The van der Waals surface area contributed by atoms with Gasteiger partial charge in [0.05, 0.1) is 26.9 Å². The summed E-state index contributed by atoms with van der Waals surface area (Å²) in [5, 5.41) is 21.3. The molecule has 0 rings (SSSR count). The number of hydrogen-bond acceptors (Lipinski definition) is 10. The molecule has 0 amide bonds. The van der Waals surface area contributed by atoms with Gasteiger partial charge in [0.15, 0.2) is 0 Å². The van der Waals surface area contributed by atoms with Crippen LogP contribution in [0.2, 0.25) is 0 Å². The maximum atomic E-state index is 5.34. The molecule has 186 valence electrons. The molecule has 0 aromatic heterocycles. The highest BCUT2D eigenvalue weighted by atomic mass is 17.8. The lowest BCUT2D eigenvalue weighted by molar-refractivity contribution is -0.756. The van der Waals surface area contributed by atoms with E-state index in [0.29, 0.717) is 19.0 Å². The van der Waals surface area contributed by atoms with Crippen molar-refractivity contribution in [2.45, 2.75) is 84.5 Å². The zero-order chi connectivity index (χ0) is 22.8. The first-order valence-corrected chi connectivity index (χ1v) is 11.3. The summed E-state index contributed by atoms with van der Waals surface area (Å²) in [5.41, 5.74) is 0. The van der Waals surface area contributed by atoms with E-state index in [9.17, 15) is 0 Å². The predicted octanol–water partition coefficient (Wildman–Crippen LogP) is 5.65. The first-order chi connectivity index (χ1) is 15.2. The molecule has 0 spiro atoms. The second-order valence-electron chi connectivity index (χ2n) is 7.21. The highest BCUT2D eigenvalue weighted by Crippen LogP contribution is 2.12. The lowest BCUT2D eigenvalue weighted by atomic mass is 10.1. The van der Waals surface area contributed by atoms with Crippen LogP contribution in [-0.2, 0) is 49.5 Å². The van der Waals surface area contributed by atoms with Gasteiger partial charge in [-0.3, -0.25) is 0 Å². The van der Waals surface area contributed by atoms with E-state index in [1.165, 1.54) is 64.9 Å². The fourth-order valence-electron chi connectivity index (χ4n) is 2.56. The third kappa shape index (κ3) is 23.7. The van der Waals surface area contributed by atoms with Gasteiger partial charge >= 0.3 is 0 Å². The Morgan fingerprint density at radius 2 is 1.23 bits per heavy atom. The van der Waals surface area contributed by atoms with E-state index in [-0.39, 0.29) is 19.1 Å². The maximum absolute atomic E-state index is 5.34. The van der Waals surface area contributed by atoms with Crippen molar-refractivity contribution in [2.24, 2.45) is 5.92 Å². The molecule has 10 heteroatoms. The second-order valence-corrected chi connectivity index (χ2v) is 7.21.